The molecule has 3 nitrogen and oxygen atoms in total. The summed E-state index contributed by atoms with van der Waals surface area (Å²) in [5.41, 5.74) is 5.27. The average molecular weight is 202 g/mol. The van der Waals surface area contributed by atoms with E-state index in [4.69, 9.17) is 17.3 Å². The maximum Gasteiger partial charge on any atom is 0.404 e. The van der Waals surface area contributed by atoms with Crippen LogP contribution in [-0.2, 0) is 4.74 Å². The number of hydrogen-bond acceptors (Lipinski definition) is 2. The first-order valence-corrected chi connectivity index (χ1v) is 4.04. The molecule has 0 radical (unpaired) electrons. The molecule has 0 aliphatic rings. The highest BCUT2D eigenvalue weighted by Gasteiger charge is 2.00. The summed E-state index contributed by atoms with van der Waals surface area (Å²) >= 11 is 5.77. The largest absolute Gasteiger partial charge is 0.445 e. The Hall–Kier alpha value is -1.22. The van der Waals surface area contributed by atoms with E-state index >= 15 is 0 Å². The number of carbonyl (C=O) groups is 1. The van der Waals surface area contributed by atoms with Crippen LogP contribution in [0.5, 0.6) is 0 Å². The lowest BCUT2D eigenvalue weighted by molar-refractivity contribution is 0.167. The first-order chi connectivity index (χ1) is 6.07. The van der Waals surface area contributed by atoms with Gasteiger partial charge in [0, 0.05) is 10.6 Å². The maximum absolute atomic E-state index is 10.2. The molecule has 0 aromatic carbocycles. The molecule has 72 valence electrons. The van der Waals surface area contributed by atoms with Crippen molar-refractivity contribution < 1.29 is 9.53 Å². The van der Waals surface area contributed by atoms with Gasteiger partial charge in [-0.1, -0.05) is 30.3 Å². The third-order valence-corrected chi connectivity index (χ3v) is 1.55. The molecule has 0 fully saturated rings. The van der Waals surface area contributed by atoms with Gasteiger partial charge in [0.05, 0.1) is 0 Å². The highest BCUT2D eigenvalue weighted by molar-refractivity contribution is 6.32. The molecule has 0 bridgehead atoms. The summed E-state index contributed by atoms with van der Waals surface area (Å²) in [5.74, 6) is 0. The molecule has 2 N–H and O–H groups in total. The molecule has 0 aliphatic heterocycles. The van der Waals surface area contributed by atoms with E-state index in [1.165, 1.54) is 0 Å². The predicted molar refractivity (Wildman–Crippen MR) is 53.4 cm³/mol. The summed E-state index contributed by atoms with van der Waals surface area (Å²) in [6.45, 7) is 5.49. The van der Waals surface area contributed by atoms with Gasteiger partial charge >= 0.3 is 6.09 Å². The molecule has 0 rings (SSSR count). The van der Waals surface area contributed by atoms with Crippen molar-refractivity contribution in [1.29, 1.82) is 0 Å². The fraction of sp³-hybridized carbons (Fsp3) is 0.222. The Kier molecular flexibility index (Phi) is 5.72. The minimum Gasteiger partial charge on any atom is -0.445 e. The van der Waals surface area contributed by atoms with Crippen LogP contribution in [0.4, 0.5) is 4.79 Å². The highest BCUT2D eigenvalue weighted by Crippen LogP contribution is 2.12. The van der Waals surface area contributed by atoms with Crippen LogP contribution in [0.25, 0.3) is 0 Å². The number of ether oxygens (including phenoxy) is 1. The third kappa shape index (κ3) is 5.99. The first kappa shape index (κ1) is 11.8. The Morgan fingerprint density at radius 1 is 1.69 bits per heavy atom. The topological polar surface area (TPSA) is 52.3 Å². The van der Waals surface area contributed by atoms with Crippen molar-refractivity contribution in [3.05, 3.63) is 35.4 Å². The lowest BCUT2D eigenvalue weighted by Crippen LogP contribution is -2.14. The number of carbonyl (C=O) groups excluding carboxylic acids is 1. The average Bonchev–Trinajstić information content (AvgIpc) is 2.10. The van der Waals surface area contributed by atoms with E-state index in [9.17, 15) is 4.79 Å². The van der Waals surface area contributed by atoms with Gasteiger partial charge in [0.25, 0.3) is 0 Å². The van der Waals surface area contributed by atoms with Crippen molar-refractivity contribution in [3.63, 3.8) is 0 Å². The fourth-order valence-corrected chi connectivity index (χ4v) is 0.653. The summed E-state index contributed by atoms with van der Waals surface area (Å²) in [5, 5.41) is 0.444. The van der Waals surface area contributed by atoms with Crippen LogP contribution < -0.4 is 5.73 Å². The lowest BCUT2D eigenvalue weighted by atomic mass is 10.3. The molecule has 0 aliphatic carbocycles. The van der Waals surface area contributed by atoms with Gasteiger partial charge in [-0.25, -0.2) is 4.79 Å². The van der Waals surface area contributed by atoms with Crippen molar-refractivity contribution in [2.75, 3.05) is 6.61 Å². The van der Waals surface area contributed by atoms with Crippen LogP contribution in [0.3, 0.4) is 0 Å². The molecular formula is C9H12ClNO2. The van der Waals surface area contributed by atoms with Gasteiger partial charge in [-0.3, -0.25) is 0 Å². The molecule has 0 heterocycles. The van der Waals surface area contributed by atoms with E-state index in [2.05, 4.69) is 11.3 Å². The number of primary amides is 1. The summed E-state index contributed by atoms with van der Waals surface area (Å²) < 4.78 is 4.49. The standard InChI is InChI=1S/C9H12ClNO2/c1-3-4-5-8(10)7(2)6-13-9(11)12/h3-5H,2,6H2,1H3,(H2,11,12)/b4-3-,8-5+. The zero-order valence-corrected chi connectivity index (χ0v) is 8.17. The van der Waals surface area contributed by atoms with E-state index in [-0.39, 0.29) is 6.61 Å². The summed E-state index contributed by atoms with van der Waals surface area (Å²) in [7, 11) is 0. The lowest BCUT2D eigenvalue weighted by Gasteiger charge is -2.02. The zero-order chi connectivity index (χ0) is 10.3. The third-order valence-electron chi connectivity index (χ3n) is 1.16. The van der Waals surface area contributed by atoms with Crippen LogP contribution in [0, 0.1) is 0 Å². The van der Waals surface area contributed by atoms with Crippen molar-refractivity contribution >= 4 is 17.7 Å². The van der Waals surface area contributed by atoms with E-state index in [1.54, 1.807) is 12.2 Å². The number of amides is 1. The van der Waals surface area contributed by atoms with E-state index in [0.717, 1.165) is 0 Å². The minimum atomic E-state index is -0.836. The van der Waals surface area contributed by atoms with Gasteiger partial charge < -0.3 is 10.5 Å². The van der Waals surface area contributed by atoms with Crippen LogP contribution in [0.15, 0.2) is 35.4 Å². The zero-order valence-electron chi connectivity index (χ0n) is 7.42. The van der Waals surface area contributed by atoms with Crippen LogP contribution in [0.1, 0.15) is 6.92 Å². The van der Waals surface area contributed by atoms with Crippen molar-refractivity contribution in [2.45, 2.75) is 6.92 Å². The minimum absolute atomic E-state index is 0.0161. The SMILES string of the molecule is C=C(COC(N)=O)/C(Cl)=C\C=C/C. The maximum atomic E-state index is 10.2. The predicted octanol–water partition coefficient (Wildman–Crippen LogP) is 2.34. The number of rotatable bonds is 4. The Morgan fingerprint density at radius 3 is 2.77 bits per heavy atom. The summed E-state index contributed by atoms with van der Waals surface area (Å²) in [4.78, 5) is 10.2. The number of nitrogens with two attached hydrogens (primary N) is 1. The molecule has 1 amide bonds. The van der Waals surface area contributed by atoms with Crippen LogP contribution in [-0.4, -0.2) is 12.7 Å². The first-order valence-electron chi connectivity index (χ1n) is 3.66. The smallest absolute Gasteiger partial charge is 0.404 e. The van der Waals surface area contributed by atoms with Gasteiger partial charge in [0.2, 0.25) is 0 Å². The quantitative estimate of drug-likeness (QED) is 0.710. The molecule has 0 saturated carbocycles. The number of hydrogen-bond donors (Lipinski definition) is 1. The monoisotopic (exact) mass is 201 g/mol. The van der Waals surface area contributed by atoms with Gasteiger partial charge in [-0.2, -0.15) is 0 Å². The molecule has 4 heteroatoms. The van der Waals surface area contributed by atoms with E-state index in [1.807, 2.05) is 13.0 Å². The molecular weight excluding hydrogens is 190 g/mol. The van der Waals surface area contributed by atoms with Crippen LogP contribution in [0.2, 0.25) is 0 Å². The van der Waals surface area contributed by atoms with Gasteiger partial charge in [-0.15, -0.1) is 0 Å². The summed E-state index contributed by atoms with van der Waals surface area (Å²) in [6, 6.07) is 0. The Labute approximate surface area is 82.5 Å². The van der Waals surface area contributed by atoms with E-state index in [0.29, 0.717) is 10.6 Å². The van der Waals surface area contributed by atoms with Gasteiger partial charge in [0.1, 0.15) is 6.61 Å². The molecule has 13 heavy (non-hydrogen) atoms. The highest BCUT2D eigenvalue weighted by atomic mass is 35.5. The van der Waals surface area contributed by atoms with Crippen molar-refractivity contribution in [3.8, 4) is 0 Å². The molecule has 0 unspecified atom stereocenters. The fourth-order valence-electron chi connectivity index (χ4n) is 0.526. The van der Waals surface area contributed by atoms with Crippen molar-refractivity contribution in [1.82, 2.24) is 0 Å². The number of allylic oxidation sites excluding steroid dienone is 3. The van der Waals surface area contributed by atoms with Gasteiger partial charge in [-0.05, 0) is 13.0 Å². The Balaban J connectivity index is 4.03. The molecule has 0 saturated heterocycles. The molecule has 0 aromatic heterocycles. The molecule has 0 aromatic rings. The molecule has 0 atom stereocenters. The Bertz CT molecular complexity index is 256. The van der Waals surface area contributed by atoms with Crippen LogP contribution >= 0.6 is 11.6 Å². The van der Waals surface area contributed by atoms with Crippen molar-refractivity contribution in [2.24, 2.45) is 5.73 Å². The Morgan fingerprint density at radius 2 is 2.31 bits per heavy atom. The second kappa shape index (κ2) is 6.31. The summed E-state index contributed by atoms with van der Waals surface area (Å²) in [6.07, 6.45) is 4.41. The molecule has 0 spiro atoms. The number of halogens is 1. The van der Waals surface area contributed by atoms with Gasteiger partial charge in [0.15, 0.2) is 0 Å². The second-order valence-corrected chi connectivity index (χ2v) is 2.66. The normalized spacial score (nSPS) is 11.7. The second-order valence-electron chi connectivity index (χ2n) is 2.25. The van der Waals surface area contributed by atoms with E-state index < -0.39 is 6.09 Å².